The normalized spacial score (nSPS) is 25.5. The SMILES string of the molecule is CCc1ccc(CC2(F)CCCNCC2)cc1. The van der Waals surface area contributed by atoms with Crippen molar-refractivity contribution in [1.29, 1.82) is 0 Å². The summed E-state index contributed by atoms with van der Waals surface area (Å²) in [5.41, 5.74) is 1.45. The summed E-state index contributed by atoms with van der Waals surface area (Å²) in [6.45, 7) is 3.91. The highest BCUT2D eigenvalue weighted by Crippen LogP contribution is 2.28. The fourth-order valence-corrected chi connectivity index (χ4v) is 2.53. The highest BCUT2D eigenvalue weighted by Gasteiger charge is 2.30. The molecule has 17 heavy (non-hydrogen) atoms. The minimum Gasteiger partial charge on any atom is -0.317 e. The Morgan fingerprint density at radius 3 is 2.53 bits per heavy atom. The van der Waals surface area contributed by atoms with E-state index in [1.54, 1.807) is 0 Å². The molecule has 2 heteroatoms. The van der Waals surface area contributed by atoms with Crippen molar-refractivity contribution in [2.75, 3.05) is 13.1 Å². The van der Waals surface area contributed by atoms with Crippen LogP contribution in [0.2, 0.25) is 0 Å². The second-order valence-electron chi connectivity index (χ2n) is 5.10. The van der Waals surface area contributed by atoms with E-state index in [9.17, 15) is 4.39 Å². The minimum atomic E-state index is -1.00. The lowest BCUT2D eigenvalue weighted by atomic mass is 9.89. The van der Waals surface area contributed by atoms with E-state index in [1.165, 1.54) is 5.56 Å². The predicted octanol–water partition coefficient (Wildman–Crippen LogP) is 3.27. The van der Waals surface area contributed by atoms with Crippen molar-refractivity contribution in [2.24, 2.45) is 0 Å². The standard InChI is InChI=1S/C15H22FN/c1-2-13-4-6-14(7-5-13)12-15(16)8-3-10-17-11-9-15/h4-7,17H,2-3,8-12H2,1H3. The molecule has 1 unspecified atom stereocenters. The molecule has 0 amide bonds. The first-order valence-corrected chi connectivity index (χ1v) is 6.69. The van der Waals surface area contributed by atoms with Gasteiger partial charge in [0.25, 0.3) is 0 Å². The Balaban J connectivity index is 2.02. The molecule has 0 spiro atoms. The molecule has 1 atom stereocenters. The van der Waals surface area contributed by atoms with E-state index >= 15 is 0 Å². The van der Waals surface area contributed by atoms with Crippen LogP contribution in [-0.4, -0.2) is 18.8 Å². The first kappa shape index (κ1) is 12.6. The fraction of sp³-hybridized carbons (Fsp3) is 0.600. The quantitative estimate of drug-likeness (QED) is 0.848. The lowest BCUT2D eigenvalue weighted by molar-refractivity contribution is 0.144. The van der Waals surface area contributed by atoms with Crippen LogP contribution in [0.4, 0.5) is 4.39 Å². The Morgan fingerprint density at radius 2 is 1.82 bits per heavy atom. The van der Waals surface area contributed by atoms with E-state index in [4.69, 9.17) is 0 Å². The first-order valence-electron chi connectivity index (χ1n) is 6.69. The third-order valence-corrected chi connectivity index (χ3v) is 3.68. The molecule has 0 bridgehead atoms. The van der Waals surface area contributed by atoms with Crippen molar-refractivity contribution in [3.63, 3.8) is 0 Å². The van der Waals surface area contributed by atoms with Crippen LogP contribution in [0.1, 0.15) is 37.3 Å². The van der Waals surface area contributed by atoms with Gasteiger partial charge in [-0.25, -0.2) is 4.39 Å². The van der Waals surface area contributed by atoms with Crippen LogP contribution in [-0.2, 0) is 12.8 Å². The van der Waals surface area contributed by atoms with E-state index in [-0.39, 0.29) is 0 Å². The molecule has 0 aliphatic carbocycles. The van der Waals surface area contributed by atoms with Crippen molar-refractivity contribution in [3.8, 4) is 0 Å². The smallest absolute Gasteiger partial charge is 0.116 e. The van der Waals surface area contributed by atoms with Gasteiger partial charge in [0, 0.05) is 6.42 Å². The highest BCUT2D eigenvalue weighted by atomic mass is 19.1. The van der Waals surface area contributed by atoms with Gasteiger partial charge in [0.05, 0.1) is 0 Å². The van der Waals surface area contributed by atoms with E-state index in [2.05, 4.69) is 36.5 Å². The molecule has 1 aliphatic heterocycles. The fourth-order valence-electron chi connectivity index (χ4n) is 2.53. The molecule has 94 valence electrons. The van der Waals surface area contributed by atoms with Crippen LogP contribution < -0.4 is 5.32 Å². The molecule has 1 aromatic rings. The maximum absolute atomic E-state index is 14.7. The van der Waals surface area contributed by atoms with Crippen LogP contribution in [0.3, 0.4) is 0 Å². The Morgan fingerprint density at radius 1 is 1.12 bits per heavy atom. The van der Waals surface area contributed by atoms with Crippen LogP contribution in [0.15, 0.2) is 24.3 Å². The first-order chi connectivity index (χ1) is 8.22. The van der Waals surface area contributed by atoms with Gasteiger partial charge in [0.1, 0.15) is 5.67 Å². The zero-order valence-corrected chi connectivity index (χ0v) is 10.6. The topological polar surface area (TPSA) is 12.0 Å². The van der Waals surface area contributed by atoms with Gasteiger partial charge in [-0.05, 0) is 49.9 Å². The van der Waals surface area contributed by atoms with Gasteiger partial charge in [-0.3, -0.25) is 0 Å². The maximum atomic E-state index is 14.7. The van der Waals surface area contributed by atoms with Gasteiger partial charge < -0.3 is 5.32 Å². The summed E-state index contributed by atoms with van der Waals surface area (Å²) in [7, 11) is 0. The van der Waals surface area contributed by atoms with Crippen LogP contribution in [0, 0.1) is 0 Å². The number of benzene rings is 1. The predicted molar refractivity (Wildman–Crippen MR) is 70.1 cm³/mol. The molecule has 1 heterocycles. The minimum absolute atomic E-state index is 0.568. The highest BCUT2D eigenvalue weighted by molar-refractivity contribution is 5.23. The van der Waals surface area contributed by atoms with Crippen LogP contribution in [0.5, 0.6) is 0 Å². The number of hydrogen-bond acceptors (Lipinski definition) is 1. The van der Waals surface area contributed by atoms with Gasteiger partial charge in [0.2, 0.25) is 0 Å². The molecule has 1 nitrogen and oxygen atoms in total. The summed E-state index contributed by atoms with van der Waals surface area (Å²) in [6.07, 6.45) is 3.89. The number of rotatable bonds is 3. The number of aryl methyl sites for hydroxylation is 1. The zero-order valence-electron chi connectivity index (χ0n) is 10.6. The summed E-state index contributed by atoms with van der Waals surface area (Å²) < 4.78 is 14.7. The van der Waals surface area contributed by atoms with E-state index < -0.39 is 5.67 Å². The Hall–Kier alpha value is -0.890. The molecule has 0 aromatic heterocycles. The number of alkyl halides is 1. The maximum Gasteiger partial charge on any atom is 0.116 e. The molecule has 1 N–H and O–H groups in total. The lowest BCUT2D eigenvalue weighted by Crippen LogP contribution is -2.27. The Kier molecular flexibility index (Phi) is 4.16. The van der Waals surface area contributed by atoms with Gasteiger partial charge in [-0.15, -0.1) is 0 Å². The number of hydrogen-bond donors (Lipinski definition) is 1. The average molecular weight is 235 g/mol. The average Bonchev–Trinajstić information content (AvgIpc) is 2.55. The summed E-state index contributed by atoms with van der Waals surface area (Å²) in [5.74, 6) is 0. The van der Waals surface area contributed by atoms with Crippen LogP contribution in [0.25, 0.3) is 0 Å². The molecule has 0 saturated carbocycles. The van der Waals surface area contributed by atoms with Gasteiger partial charge in [0.15, 0.2) is 0 Å². The van der Waals surface area contributed by atoms with Gasteiger partial charge in [-0.2, -0.15) is 0 Å². The molecule has 1 aliphatic rings. The molecular formula is C15H22FN. The second kappa shape index (κ2) is 5.63. The monoisotopic (exact) mass is 235 g/mol. The summed E-state index contributed by atoms with van der Waals surface area (Å²) in [5, 5.41) is 3.27. The van der Waals surface area contributed by atoms with Crippen molar-refractivity contribution in [2.45, 2.75) is 44.7 Å². The van der Waals surface area contributed by atoms with E-state index in [1.807, 2.05) is 0 Å². The Labute approximate surface area is 103 Å². The third-order valence-electron chi connectivity index (χ3n) is 3.68. The summed E-state index contributed by atoms with van der Waals surface area (Å²) in [6, 6.07) is 8.40. The van der Waals surface area contributed by atoms with E-state index in [0.29, 0.717) is 19.3 Å². The van der Waals surface area contributed by atoms with Crippen molar-refractivity contribution < 1.29 is 4.39 Å². The van der Waals surface area contributed by atoms with Crippen molar-refractivity contribution >= 4 is 0 Å². The largest absolute Gasteiger partial charge is 0.317 e. The third kappa shape index (κ3) is 3.53. The second-order valence-corrected chi connectivity index (χ2v) is 5.10. The number of halogens is 1. The molecule has 2 rings (SSSR count). The number of nitrogens with one attached hydrogen (secondary N) is 1. The Bertz CT molecular complexity index is 336. The molecular weight excluding hydrogens is 213 g/mol. The zero-order chi connectivity index (χ0) is 12.1. The van der Waals surface area contributed by atoms with E-state index in [0.717, 1.165) is 31.5 Å². The summed E-state index contributed by atoms with van der Waals surface area (Å²) in [4.78, 5) is 0. The van der Waals surface area contributed by atoms with Crippen molar-refractivity contribution in [3.05, 3.63) is 35.4 Å². The molecule has 1 aromatic carbocycles. The van der Waals surface area contributed by atoms with Crippen LogP contribution >= 0.6 is 0 Å². The summed E-state index contributed by atoms with van der Waals surface area (Å²) >= 11 is 0. The van der Waals surface area contributed by atoms with Gasteiger partial charge >= 0.3 is 0 Å². The molecule has 0 radical (unpaired) electrons. The molecule has 1 fully saturated rings. The lowest BCUT2D eigenvalue weighted by Gasteiger charge is -2.23. The van der Waals surface area contributed by atoms with Crippen molar-refractivity contribution in [1.82, 2.24) is 5.32 Å². The van der Waals surface area contributed by atoms with Gasteiger partial charge in [-0.1, -0.05) is 31.2 Å². The molecule has 1 saturated heterocycles.